The Morgan fingerprint density at radius 1 is 0.821 bits per heavy atom. The zero-order valence-electron chi connectivity index (χ0n) is 15.3. The van der Waals surface area contributed by atoms with Crippen LogP contribution in [0.5, 0.6) is 0 Å². The zero-order valence-corrected chi connectivity index (χ0v) is 15.3. The summed E-state index contributed by atoms with van der Waals surface area (Å²) in [7, 11) is 0. The topological polar surface area (TPSA) is 37.2 Å². The Labute approximate surface area is 163 Å². The molecule has 28 heavy (non-hydrogen) atoms. The maximum atomic E-state index is 11.8. The van der Waals surface area contributed by atoms with Crippen LogP contribution in [0, 0.1) is 0 Å². The first-order chi connectivity index (χ1) is 13.7. The van der Waals surface area contributed by atoms with Gasteiger partial charge in [-0.1, -0.05) is 48.1 Å². The highest BCUT2D eigenvalue weighted by Crippen LogP contribution is 2.11. The van der Waals surface area contributed by atoms with Crippen LogP contribution in [0.2, 0.25) is 0 Å². The summed E-state index contributed by atoms with van der Waals surface area (Å²) in [5.74, 6) is 0. The summed E-state index contributed by atoms with van der Waals surface area (Å²) in [6, 6.07) is 22.4. The molecule has 0 aliphatic carbocycles. The van der Waals surface area contributed by atoms with Crippen LogP contribution < -0.4 is 15.6 Å². The van der Waals surface area contributed by atoms with Crippen molar-refractivity contribution in [3.63, 3.8) is 0 Å². The van der Waals surface area contributed by atoms with Crippen LogP contribution in [0.1, 0.15) is 16.7 Å². The lowest BCUT2D eigenvalue weighted by Crippen LogP contribution is -2.33. The van der Waals surface area contributed by atoms with E-state index in [4.69, 9.17) is 0 Å². The Morgan fingerprint density at radius 2 is 1.46 bits per heavy atom. The van der Waals surface area contributed by atoms with Gasteiger partial charge in [0.2, 0.25) is 0 Å². The standard InChI is InChI=1S/C22H22F2N3O/c23-22(24)17-28-26-25-21-10-8-18(9-11-21)6-7-19-12-14-27(15-13-19)16-20-4-2-1-3-5-20/h1-5,8-15,17,25-26H,6-7,16H2/q+1. The van der Waals surface area contributed by atoms with E-state index in [9.17, 15) is 8.78 Å². The minimum Gasteiger partial charge on any atom is -0.391 e. The van der Waals surface area contributed by atoms with Gasteiger partial charge in [0, 0.05) is 17.7 Å². The van der Waals surface area contributed by atoms with Crippen molar-refractivity contribution in [2.75, 3.05) is 5.43 Å². The third-order valence-electron chi connectivity index (χ3n) is 4.23. The smallest absolute Gasteiger partial charge is 0.307 e. The van der Waals surface area contributed by atoms with Gasteiger partial charge in [-0.3, -0.25) is 5.43 Å². The summed E-state index contributed by atoms with van der Waals surface area (Å²) in [6.07, 6.45) is 4.50. The van der Waals surface area contributed by atoms with Crippen LogP contribution in [-0.4, -0.2) is 0 Å². The molecule has 0 radical (unpaired) electrons. The number of hydrogen-bond donors (Lipinski definition) is 2. The van der Waals surface area contributed by atoms with E-state index in [-0.39, 0.29) is 0 Å². The van der Waals surface area contributed by atoms with Crippen LogP contribution in [0.3, 0.4) is 0 Å². The number of aromatic nitrogens is 1. The van der Waals surface area contributed by atoms with E-state index in [1.54, 1.807) is 0 Å². The van der Waals surface area contributed by atoms with Crippen molar-refractivity contribution in [3.05, 3.63) is 108 Å². The van der Waals surface area contributed by atoms with Crippen molar-refractivity contribution in [2.24, 2.45) is 0 Å². The predicted octanol–water partition coefficient (Wildman–Crippen LogP) is 4.39. The van der Waals surface area contributed by atoms with Gasteiger partial charge in [0.05, 0.1) is 5.69 Å². The lowest BCUT2D eigenvalue weighted by molar-refractivity contribution is -0.688. The highest BCUT2D eigenvalue weighted by Gasteiger charge is 2.03. The van der Waals surface area contributed by atoms with E-state index in [2.05, 4.69) is 69.2 Å². The molecular weight excluding hydrogens is 360 g/mol. The molecule has 0 atom stereocenters. The molecule has 0 unspecified atom stereocenters. The predicted molar refractivity (Wildman–Crippen MR) is 104 cm³/mol. The number of hydrogen-bond acceptors (Lipinski definition) is 3. The number of pyridine rings is 1. The summed E-state index contributed by atoms with van der Waals surface area (Å²) in [6.45, 7) is 0.862. The number of rotatable bonds is 9. The molecule has 0 saturated carbocycles. The molecule has 0 aliphatic heterocycles. The van der Waals surface area contributed by atoms with Crippen LogP contribution in [0.25, 0.3) is 0 Å². The Kier molecular flexibility index (Phi) is 7.09. The molecule has 2 aromatic carbocycles. The molecule has 0 fully saturated rings. The van der Waals surface area contributed by atoms with Crippen molar-refractivity contribution in [3.8, 4) is 0 Å². The molecule has 6 heteroatoms. The number of aryl methyl sites for hydroxylation is 2. The Bertz CT molecular complexity index is 878. The molecule has 1 heterocycles. The van der Waals surface area contributed by atoms with Gasteiger partial charge in [0.15, 0.2) is 25.2 Å². The number of hydrazine groups is 1. The van der Waals surface area contributed by atoms with Crippen molar-refractivity contribution in [2.45, 2.75) is 19.4 Å². The normalized spacial score (nSPS) is 10.4. The van der Waals surface area contributed by atoms with Crippen LogP contribution >= 0.6 is 0 Å². The van der Waals surface area contributed by atoms with Gasteiger partial charge in [-0.25, -0.2) is 4.57 Å². The summed E-state index contributed by atoms with van der Waals surface area (Å²) < 4.78 is 25.8. The van der Waals surface area contributed by atoms with E-state index in [1.807, 2.05) is 30.3 Å². The zero-order chi connectivity index (χ0) is 19.6. The molecule has 0 spiro atoms. The van der Waals surface area contributed by atoms with Gasteiger partial charge in [-0.15, -0.1) is 0 Å². The molecule has 0 saturated heterocycles. The number of benzene rings is 2. The van der Waals surface area contributed by atoms with Crippen molar-refractivity contribution in [1.29, 1.82) is 0 Å². The second-order valence-electron chi connectivity index (χ2n) is 6.31. The summed E-state index contributed by atoms with van der Waals surface area (Å²) >= 11 is 0. The summed E-state index contributed by atoms with van der Waals surface area (Å²) in [5, 5.41) is 0. The molecule has 3 aromatic rings. The maximum absolute atomic E-state index is 11.8. The second kappa shape index (κ2) is 10.2. The molecule has 4 nitrogen and oxygen atoms in total. The van der Waals surface area contributed by atoms with Gasteiger partial charge in [0.25, 0.3) is 0 Å². The molecule has 0 aliphatic rings. The number of nitrogens with zero attached hydrogens (tertiary/aromatic N) is 1. The molecule has 2 N–H and O–H groups in total. The molecule has 0 bridgehead atoms. The van der Waals surface area contributed by atoms with E-state index in [1.165, 1.54) is 16.7 Å². The summed E-state index contributed by atoms with van der Waals surface area (Å²) in [5.41, 5.74) is 9.37. The fourth-order valence-electron chi connectivity index (χ4n) is 2.76. The Morgan fingerprint density at radius 3 is 2.11 bits per heavy atom. The van der Waals surface area contributed by atoms with Crippen LogP contribution in [0.15, 0.2) is 91.5 Å². The highest BCUT2D eigenvalue weighted by atomic mass is 19.3. The third-order valence-corrected chi connectivity index (χ3v) is 4.23. The number of anilines is 1. The van der Waals surface area contributed by atoms with Gasteiger partial charge in [0.1, 0.15) is 0 Å². The van der Waals surface area contributed by atoms with Gasteiger partial charge >= 0.3 is 6.08 Å². The fraction of sp³-hybridized carbons (Fsp3) is 0.136. The van der Waals surface area contributed by atoms with Crippen molar-refractivity contribution < 1.29 is 18.2 Å². The lowest BCUT2D eigenvalue weighted by Gasteiger charge is -2.07. The molecule has 1 aromatic heterocycles. The van der Waals surface area contributed by atoms with Gasteiger partial charge in [-0.2, -0.15) is 8.78 Å². The SMILES string of the molecule is FC(F)=CONNc1ccc(CCc2cc[n+](Cc3ccccc3)cc2)cc1. The Balaban J connectivity index is 1.45. The highest BCUT2D eigenvalue weighted by molar-refractivity contribution is 5.43. The van der Waals surface area contributed by atoms with E-state index in [0.717, 1.165) is 25.1 Å². The number of nitrogens with one attached hydrogen (secondary N) is 2. The lowest BCUT2D eigenvalue weighted by atomic mass is 10.1. The van der Waals surface area contributed by atoms with Gasteiger partial charge in [-0.05, 0) is 36.1 Å². The molecule has 3 rings (SSSR count). The maximum Gasteiger partial charge on any atom is 0.307 e. The molecular formula is C22H22F2N3O+. The average molecular weight is 382 g/mol. The molecule has 0 amide bonds. The number of halogens is 2. The average Bonchev–Trinajstić information content (AvgIpc) is 2.72. The van der Waals surface area contributed by atoms with Gasteiger partial charge < -0.3 is 4.84 Å². The second-order valence-corrected chi connectivity index (χ2v) is 6.31. The quantitative estimate of drug-likeness (QED) is 0.249. The largest absolute Gasteiger partial charge is 0.391 e. The monoisotopic (exact) mass is 382 g/mol. The third kappa shape index (κ3) is 6.48. The van der Waals surface area contributed by atoms with Crippen molar-refractivity contribution in [1.82, 2.24) is 5.59 Å². The summed E-state index contributed by atoms with van der Waals surface area (Å²) in [4.78, 5) is 4.41. The van der Waals surface area contributed by atoms with E-state index >= 15 is 0 Å². The first-order valence-electron chi connectivity index (χ1n) is 8.98. The Hall–Kier alpha value is -3.25. The first-order valence-corrected chi connectivity index (χ1v) is 8.98. The minimum absolute atomic E-state index is 0.324. The van der Waals surface area contributed by atoms with Crippen molar-refractivity contribution >= 4 is 5.69 Å². The first kappa shape index (κ1) is 19.5. The minimum atomic E-state index is -1.91. The van der Waals surface area contributed by atoms with E-state index < -0.39 is 6.08 Å². The molecule has 144 valence electrons. The van der Waals surface area contributed by atoms with E-state index in [0.29, 0.717) is 6.26 Å². The fourth-order valence-corrected chi connectivity index (χ4v) is 2.76. The van der Waals surface area contributed by atoms with Crippen LogP contribution in [-0.2, 0) is 24.2 Å². The van der Waals surface area contributed by atoms with Crippen LogP contribution in [0.4, 0.5) is 14.5 Å².